The number of anilines is 1. The van der Waals surface area contributed by atoms with Crippen LogP contribution in [0, 0.1) is 6.92 Å². The summed E-state index contributed by atoms with van der Waals surface area (Å²) < 4.78 is 0.827. The van der Waals surface area contributed by atoms with Gasteiger partial charge in [-0.25, -0.2) is 9.97 Å². The fourth-order valence-corrected chi connectivity index (χ4v) is 2.65. The van der Waals surface area contributed by atoms with Crippen molar-refractivity contribution in [3.05, 3.63) is 38.9 Å². The molecule has 0 radical (unpaired) electrons. The molecule has 0 aliphatic rings. The van der Waals surface area contributed by atoms with E-state index >= 15 is 0 Å². The zero-order valence-electron chi connectivity index (χ0n) is 9.14. The molecule has 2 aromatic heterocycles. The highest BCUT2D eigenvalue weighted by atomic mass is 79.9. The third kappa shape index (κ3) is 2.80. The van der Waals surface area contributed by atoms with Crippen molar-refractivity contribution in [2.75, 3.05) is 11.9 Å². The number of rotatable bonds is 3. The number of aromatic nitrogens is 2. The molecule has 0 N–H and O–H groups in total. The van der Waals surface area contributed by atoms with Gasteiger partial charge < -0.3 is 4.90 Å². The fourth-order valence-electron chi connectivity index (χ4n) is 1.43. The van der Waals surface area contributed by atoms with Gasteiger partial charge in [0.05, 0.1) is 6.54 Å². The van der Waals surface area contributed by atoms with Gasteiger partial charge in [0.1, 0.15) is 16.2 Å². The lowest BCUT2D eigenvalue weighted by Gasteiger charge is -2.17. The molecule has 16 heavy (non-hydrogen) atoms. The molecular weight excluding hydrogens is 286 g/mol. The molecule has 0 aliphatic carbocycles. The SMILES string of the molecule is Cc1nc(Br)cc(N(C)Cc2cccs2)n1. The van der Waals surface area contributed by atoms with Gasteiger partial charge in [-0.15, -0.1) is 11.3 Å². The molecule has 0 aromatic carbocycles. The number of aryl methyl sites for hydroxylation is 1. The first-order valence-corrected chi connectivity index (χ1v) is 6.57. The molecule has 0 aliphatic heterocycles. The van der Waals surface area contributed by atoms with Crippen LogP contribution in [0.15, 0.2) is 28.2 Å². The monoisotopic (exact) mass is 297 g/mol. The minimum absolute atomic E-state index is 0.780. The summed E-state index contributed by atoms with van der Waals surface area (Å²) in [4.78, 5) is 12.0. The van der Waals surface area contributed by atoms with Gasteiger partial charge in [-0.1, -0.05) is 6.07 Å². The minimum Gasteiger partial charge on any atom is -0.354 e. The van der Waals surface area contributed by atoms with E-state index in [4.69, 9.17) is 0 Å². The van der Waals surface area contributed by atoms with E-state index in [-0.39, 0.29) is 0 Å². The van der Waals surface area contributed by atoms with Crippen LogP contribution in [-0.2, 0) is 6.54 Å². The maximum absolute atomic E-state index is 4.40. The summed E-state index contributed by atoms with van der Waals surface area (Å²) in [5.41, 5.74) is 0. The molecule has 2 aromatic rings. The maximum atomic E-state index is 4.40. The molecule has 0 spiro atoms. The van der Waals surface area contributed by atoms with E-state index in [1.54, 1.807) is 11.3 Å². The number of hydrogen-bond acceptors (Lipinski definition) is 4. The van der Waals surface area contributed by atoms with Crippen LogP contribution in [0.25, 0.3) is 0 Å². The number of thiophene rings is 1. The Labute approximate surface area is 107 Å². The molecule has 3 nitrogen and oxygen atoms in total. The number of nitrogens with zero attached hydrogens (tertiary/aromatic N) is 3. The van der Waals surface area contributed by atoms with Crippen LogP contribution in [0.2, 0.25) is 0 Å². The molecule has 0 amide bonds. The van der Waals surface area contributed by atoms with E-state index in [9.17, 15) is 0 Å². The van der Waals surface area contributed by atoms with Crippen LogP contribution in [-0.4, -0.2) is 17.0 Å². The van der Waals surface area contributed by atoms with E-state index in [2.05, 4.69) is 48.3 Å². The molecule has 0 unspecified atom stereocenters. The van der Waals surface area contributed by atoms with Crippen molar-refractivity contribution < 1.29 is 0 Å². The van der Waals surface area contributed by atoms with Crippen LogP contribution in [0.4, 0.5) is 5.82 Å². The number of hydrogen-bond donors (Lipinski definition) is 0. The lowest BCUT2D eigenvalue weighted by atomic mass is 10.4. The average molecular weight is 298 g/mol. The van der Waals surface area contributed by atoms with Crippen molar-refractivity contribution in [3.63, 3.8) is 0 Å². The lowest BCUT2D eigenvalue weighted by molar-refractivity contribution is 0.886. The van der Waals surface area contributed by atoms with Gasteiger partial charge >= 0.3 is 0 Å². The van der Waals surface area contributed by atoms with Gasteiger partial charge in [0.25, 0.3) is 0 Å². The molecule has 0 saturated carbocycles. The Kier molecular flexibility index (Phi) is 3.56. The molecule has 0 saturated heterocycles. The molecule has 0 fully saturated rings. The Bertz CT molecular complexity index is 450. The molecule has 2 rings (SSSR count). The smallest absolute Gasteiger partial charge is 0.133 e. The van der Waals surface area contributed by atoms with Crippen molar-refractivity contribution >= 4 is 33.1 Å². The summed E-state index contributed by atoms with van der Waals surface area (Å²) in [5, 5.41) is 2.09. The summed E-state index contributed by atoms with van der Waals surface area (Å²) in [5.74, 6) is 1.72. The van der Waals surface area contributed by atoms with Crippen LogP contribution >= 0.6 is 27.3 Å². The Morgan fingerprint density at radius 1 is 1.44 bits per heavy atom. The topological polar surface area (TPSA) is 29.0 Å². The highest BCUT2D eigenvalue weighted by molar-refractivity contribution is 9.10. The zero-order chi connectivity index (χ0) is 11.5. The van der Waals surface area contributed by atoms with E-state index in [0.717, 1.165) is 22.8 Å². The van der Waals surface area contributed by atoms with Crippen molar-refractivity contribution in [2.24, 2.45) is 0 Å². The second kappa shape index (κ2) is 4.93. The predicted molar refractivity (Wildman–Crippen MR) is 70.9 cm³/mol. The highest BCUT2D eigenvalue weighted by Gasteiger charge is 2.06. The second-order valence-corrected chi connectivity index (χ2v) is 5.38. The predicted octanol–water partition coefficient (Wildman–Crippen LogP) is 3.25. The van der Waals surface area contributed by atoms with Crippen molar-refractivity contribution in [1.29, 1.82) is 0 Å². The number of halogens is 1. The third-order valence-electron chi connectivity index (χ3n) is 2.16. The van der Waals surface area contributed by atoms with E-state index in [0.29, 0.717) is 0 Å². The second-order valence-electron chi connectivity index (χ2n) is 3.53. The summed E-state index contributed by atoms with van der Waals surface area (Å²) in [6, 6.07) is 6.12. The lowest BCUT2D eigenvalue weighted by Crippen LogP contribution is -2.17. The van der Waals surface area contributed by atoms with Gasteiger partial charge in [0.2, 0.25) is 0 Å². The molecular formula is C11H12BrN3S. The Balaban J connectivity index is 2.17. The molecule has 0 atom stereocenters. The maximum Gasteiger partial charge on any atom is 0.133 e. The first-order chi connectivity index (χ1) is 7.65. The minimum atomic E-state index is 0.780. The average Bonchev–Trinajstić information content (AvgIpc) is 2.68. The Morgan fingerprint density at radius 3 is 2.88 bits per heavy atom. The molecule has 84 valence electrons. The summed E-state index contributed by atoms with van der Waals surface area (Å²) >= 11 is 5.14. The zero-order valence-corrected chi connectivity index (χ0v) is 11.5. The van der Waals surface area contributed by atoms with E-state index in [1.165, 1.54) is 4.88 Å². The third-order valence-corrected chi connectivity index (χ3v) is 3.42. The molecule has 5 heteroatoms. The summed E-state index contributed by atoms with van der Waals surface area (Å²) in [6.45, 7) is 2.77. The quantitative estimate of drug-likeness (QED) is 0.815. The normalized spacial score (nSPS) is 10.4. The Morgan fingerprint density at radius 2 is 2.25 bits per heavy atom. The van der Waals surface area contributed by atoms with Crippen LogP contribution in [0.3, 0.4) is 0 Å². The molecule has 0 bridgehead atoms. The largest absolute Gasteiger partial charge is 0.354 e. The summed E-state index contributed by atoms with van der Waals surface area (Å²) in [6.07, 6.45) is 0. The Hall–Kier alpha value is -0.940. The van der Waals surface area contributed by atoms with Gasteiger partial charge in [-0.3, -0.25) is 0 Å². The first kappa shape index (κ1) is 11.5. The first-order valence-electron chi connectivity index (χ1n) is 4.90. The van der Waals surface area contributed by atoms with Gasteiger partial charge in [0.15, 0.2) is 0 Å². The standard InChI is InChI=1S/C11H12BrN3S/c1-8-13-10(12)6-11(14-8)15(2)7-9-4-3-5-16-9/h3-6H,7H2,1-2H3. The van der Waals surface area contributed by atoms with E-state index < -0.39 is 0 Å². The van der Waals surface area contributed by atoms with Crippen LogP contribution < -0.4 is 4.90 Å². The van der Waals surface area contributed by atoms with Gasteiger partial charge in [0, 0.05) is 18.0 Å². The van der Waals surface area contributed by atoms with Crippen molar-refractivity contribution in [3.8, 4) is 0 Å². The van der Waals surface area contributed by atoms with Gasteiger partial charge in [-0.2, -0.15) is 0 Å². The van der Waals surface area contributed by atoms with Crippen molar-refractivity contribution in [1.82, 2.24) is 9.97 Å². The van der Waals surface area contributed by atoms with Crippen molar-refractivity contribution in [2.45, 2.75) is 13.5 Å². The van der Waals surface area contributed by atoms with Crippen LogP contribution in [0.1, 0.15) is 10.7 Å². The van der Waals surface area contributed by atoms with Crippen LogP contribution in [0.5, 0.6) is 0 Å². The highest BCUT2D eigenvalue weighted by Crippen LogP contribution is 2.18. The fraction of sp³-hybridized carbons (Fsp3) is 0.273. The molecule has 2 heterocycles. The summed E-state index contributed by atoms with van der Waals surface area (Å²) in [7, 11) is 2.04. The van der Waals surface area contributed by atoms with E-state index in [1.807, 2.05) is 20.0 Å². The van der Waals surface area contributed by atoms with Gasteiger partial charge in [-0.05, 0) is 34.3 Å².